The van der Waals surface area contributed by atoms with Crippen molar-refractivity contribution in [2.45, 2.75) is 12.8 Å². The fourth-order valence-electron chi connectivity index (χ4n) is 4.21. The Labute approximate surface area is 206 Å². The Morgan fingerprint density at radius 1 is 0.886 bits per heavy atom. The summed E-state index contributed by atoms with van der Waals surface area (Å²) in [6.07, 6.45) is 2.76. The van der Waals surface area contributed by atoms with Gasteiger partial charge in [0.05, 0.1) is 12.1 Å². The first kappa shape index (κ1) is 24.1. The molecule has 2 aromatic carbocycles. The molecular weight excluding hydrogens is 438 g/mol. The number of aromatic nitrogens is 2. The van der Waals surface area contributed by atoms with Crippen LogP contribution >= 0.6 is 0 Å². The van der Waals surface area contributed by atoms with Gasteiger partial charge < -0.3 is 14.7 Å². The van der Waals surface area contributed by atoms with Gasteiger partial charge in [-0.15, -0.1) is 16.8 Å². The van der Waals surface area contributed by atoms with E-state index in [9.17, 15) is 9.59 Å². The zero-order valence-corrected chi connectivity index (χ0v) is 19.9. The maximum atomic E-state index is 13.1. The lowest BCUT2D eigenvalue weighted by Gasteiger charge is -2.26. The van der Waals surface area contributed by atoms with Crippen molar-refractivity contribution in [3.8, 4) is 11.3 Å². The van der Waals surface area contributed by atoms with E-state index in [1.165, 1.54) is 0 Å². The van der Waals surface area contributed by atoms with Crippen LogP contribution in [0.3, 0.4) is 0 Å². The van der Waals surface area contributed by atoms with Crippen LogP contribution in [0.25, 0.3) is 11.3 Å². The summed E-state index contributed by atoms with van der Waals surface area (Å²) in [6, 6.07) is 23.5. The van der Waals surface area contributed by atoms with Crippen molar-refractivity contribution < 1.29 is 9.59 Å². The van der Waals surface area contributed by atoms with Crippen LogP contribution in [0.4, 0.5) is 5.82 Å². The van der Waals surface area contributed by atoms with Gasteiger partial charge in [0.25, 0.3) is 0 Å². The van der Waals surface area contributed by atoms with Crippen LogP contribution in [0, 0.1) is 0 Å². The maximum absolute atomic E-state index is 13.1. The minimum atomic E-state index is -0.0744. The highest BCUT2D eigenvalue weighted by Gasteiger charge is 2.23. The Morgan fingerprint density at radius 3 is 2.31 bits per heavy atom. The molecule has 0 bridgehead atoms. The zero-order valence-electron chi connectivity index (χ0n) is 19.9. The molecule has 1 aromatic heterocycles. The zero-order chi connectivity index (χ0) is 24.5. The minimum Gasteiger partial charge on any atom is -0.353 e. The predicted molar refractivity (Wildman–Crippen MR) is 138 cm³/mol. The smallest absolute Gasteiger partial charge is 0.242 e. The molecule has 180 valence electrons. The number of nitrogens with zero attached hydrogens (tertiary/aromatic N) is 5. The van der Waals surface area contributed by atoms with E-state index in [-0.39, 0.29) is 24.8 Å². The SMILES string of the molecule is C=CCN(CC(=O)N1CCCN(c2ccc(-c3ccccc3)nn2)CC1)C(=O)Cc1ccccc1. The van der Waals surface area contributed by atoms with Crippen molar-refractivity contribution in [3.05, 3.63) is 91.0 Å². The summed E-state index contributed by atoms with van der Waals surface area (Å²) in [7, 11) is 0. The van der Waals surface area contributed by atoms with Gasteiger partial charge in [0.2, 0.25) is 11.8 Å². The summed E-state index contributed by atoms with van der Waals surface area (Å²) >= 11 is 0. The van der Waals surface area contributed by atoms with Crippen LogP contribution in [0.15, 0.2) is 85.5 Å². The average molecular weight is 470 g/mol. The first-order chi connectivity index (χ1) is 17.1. The third kappa shape index (κ3) is 6.53. The molecule has 1 saturated heterocycles. The van der Waals surface area contributed by atoms with Gasteiger partial charge in [-0.1, -0.05) is 66.7 Å². The molecule has 2 heterocycles. The second kappa shape index (κ2) is 11.9. The molecule has 1 aliphatic rings. The van der Waals surface area contributed by atoms with Gasteiger partial charge in [-0.05, 0) is 24.1 Å². The highest BCUT2D eigenvalue weighted by atomic mass is 16.2. The first-order valence-electron chi connectivity index (χ1n) is 12.0. The summed E-state index contributed by atoms with van der Waals surface area (Å²) in [5.41, 5.74) is 2.80. The molecule has 0 radical (unpaired) electrons. The fourth-order valence-corrected chi connectivity index (χ4v) is 4.21. The van der Waals surface area contributed by atoms with E-state index < -0.39 is 0 Å². The number of hydrogen-bond donors (Lipinski definition) is 0. The lowest BCUT2D eigenvalue weighted by molar-refractivity contribution is -0.139. The molecule has 2 amide bonds. The first-order valence-corrected chi connectivity index (χ1v) is 12.0. The van der Waals surface area contributed by atoms with E-state index in [0.29, 0.717) is 26.2 Å². The number of carbonyl (C=O) groups excluding carboxylic acids is 2. The van der Waals surface area contributed by atoms with E-state index in [0.717, 1.165) is 35.6 Å². The van der Waals surface area contributed by atoms with Gasteiger partial charge >= 0.3 is 0 Å². The molecule has 7 heteroatoms. The van der Waals surface area contributed by atoms with Gasteiger partial charge in [0.15, 0.2) is 5.82 Å². The van der Waals surface area contributed by atoms with Crippen LogP contribution in [-0.2, 0) is 16.0 Å². The highest BCUT2D eigenvalue weighted by molar-refractivity contribution is 5.86. The molecule has 35 heavy (non-hydrogen) atoms. The molecule has 0 unspecified atom stereocenters. The van der Waals surface area contributed by atoms with Crippen LogP contribution in [0.2, 0.25) is 0 Å². The quantitative estimate of drug-likeness (QED) is 0.473. The number of hydrogen-bond acceptors (Lipinski definition) is 5. The number of amides is 2. The Balaban J connectivity index is 1.34. The van der Waals surface area contributed by atoms with Crippen molar-refractivity contribution >= 4 is 17.6 Å². The van der Waals surface area contributed by atoms with Gasteiger partial charge in [-0.2, -0.15) is 0 Å². The van der Waals surface area contributed by atoms with Crippen molar-refractivity contribution in [2.24, 2.45) is 0 Å². The Hall–Kier alpha value is -4.00. The van der Waals surface area contributed by atoms with Gasteiger partial charge in [0, 0.05) is 38.3 Å². The summed E-state index contributed by atoms with van der Waals surface area (Å²) in [5.74, 6) is 0.695. The van der Waals surface area contributed by atoms with Gasteiger partial charge in [0.1, 0.15) is 6.54 Å². The Bertz CT molecular complexity index is 1120. The van der Waals surface area contributed by atoms with Crippen LogP contribution < -0.4 is 4.90 Å². The van der Waals surface area contributed by atoms with Gasteiger partial charge in [-0.25, -0.2) is 0 Å². The topological polar surface area (TPSA) is 69.6 Å². The van der Waals surface area contributed by atoms with Crippen LogP contribution in [0.5, 0.6) is 0 Å². The number of rotatable bonds is 8. The van der Waals surface area contributed by atoms with Crippen LogP contribution in [0.1, 0.15) is 12.0 Å². The monoisotopic (exact) mass is 469 g/mol. The van der Waals surface area contributed by atoms with Crippen molar-refractivity contribution in [1.29, 1.82) is 0 Å². The van der Waals surface area contributed by atoms with E-state index in [2.05, 4.69) is 21.7 Å². The Morgan fingerprint density at radius 2 is 1.63 bits per heavy atom. The normalized spacial score (nSPS) is 13.7. The molecule has 0 atom stereocenters. The van der Waals surface area contributed by atoms with Crippen molar-refractivity contribution in [2.75, 3.05) is 44.2 Å². The molecule has 0 aliphatic carbocycles. The molecule has 7 nitrogen and oxygen atoms in total. The molecule has 3 aromatic rings. The average Bonchev–Trinajstić information content (AvgIpc) is 3.16. The highest BCUT2D eigenvalue weighted by Crippen LogP contribution is 2.19. The lowest BCUT2D eigenvalue weighted by atomic mass is 10.1. The third-order valence-corrected chi connectivity index (χ3v) is 6.12. The fraction of sp³-hybridized carbons (Fsp3) is 0.286. The molecule has 0 spiro atoms. The summed E-state index contributed by atoms with van der Waals surface area (Å²) in [6.45, 7) is 6.86. The lowest BCUT2D eigenvalue weighted by Crippen LogP contribution is -2.44. The molecular formula is C28H31N5O2. The summed E-state index contributed by atoms with van der Waals surface area (Å²) in [4.78, 5) is 31.5. The van der Waals surface area contributed by atoms with Crippen molar-refractivity contribution in [1.82, 2.24) is 20.0 Å². The summed E-state index contributed by atoms with van der Waals surface area (Å²) < 4.78 is 0. The predicted octanol–water partition coefficient (Wildman–Crippen LogP) is 3.44. The molecule has 0 saturated carbocycles. The molecule has 1 fully saturated rings. The molecule has 0 N–H and O–H groups in total. The number of carbonyl (C=O) groups is 2. The molecule has 4 rings (SSSR count). The Kier molecular flexibility index (Phi) is 8.22. The second-order valence-electron chi connectivity index (χ2n) is 8.59. The summed E-state index contributed by atoms with van der Waals surface area (Å²) in [5, 5.41) is 8.83. The van der Waals surface area contributed by atoms with E-state index in [1.54, 1.807) is 11.0 Å². The number of anilines is 1. The minimum absolute atomic E-state index is 0.0411. The standard InChI is InChI=1S/C28H31N5O2/c1-2-16-33(27(34)21-23-10-5-3-6-11-23)22-28(35)32-18-9-17-31(19-20-32)26-15-14-25(29-30-26)24-12-7-4-8-13-24/h2-8,10-15H,1,9,16-22H2. The largest absolute Gasteiger partial charge is 0.353 e. The maximum Gasteiger partial charge on any atom is 0.242 e. The number of benzene rings is 2. The third-order valence-electron chi connectivity index (χ3n) is 6.12. The van der Waals surface area contributed by atoms with E-state index in [1.807, 2.05) is 77.7 Å². The van der Waals surface area contributed by atoms with E-state index in [4.69, 9.17) is 0 Å². The van der Waals surface area contributed by atoms with E-state index >= 15 is 0 Å². The van der Waals surface area contributed by atoms with Crippen molar-refractivity contribution in [3.63, 3.8) is 0 Å². The second-order valence-corrected chi connectivity index (χ2v) is 8.59. The van der Waals surface area contributed by atoms with Gasteiger partial charge in [-0.3, -0.25) is 9.59 Å². The van der Waals surface area contributed by atoms with Crippen LogP contribution in [-0.4, -0.2) is 71.1 Å². The molecule has 1 aliphatic heterocycles.